The standard InChI is InChI=1S/C18H13Cl3N2O2S/c1-11(24)23(16-4-2-3-12(19)6-16)18-22-15(10-26-18)9-25-17-7-13(20)5-14(21)8-17/h2-8,10H,9H2,1H3. The lowest BCUT2D eigenvalue weighted by atomic mass is 10.3. The average molecular weight is 428 g/mol. The predicted octanol–water partition coefficient (Wildman–Crippen LogP) is 6.37. The van der Waals surface area contributed by atoms with Crippen LogP contribution in [0.2, 0.25) is 15.1 Å². The first-order valence-electron chi connectivity index (χ1n) is 7.52. The molecule has 8 heteroatoms. The summed E-state index contributed by atoms with van der Waals surface area (Å²) in [5.41, 5.74) is 1.35. The van der Waals surface area contributed by atoms with Crippen molar-refractivity contribution in [3.05, 3.63) is 68.6 Å². The van der Waals surface area contributed by atoms with Crippen LogP contribution in [0.1, 0.15) is 12.6 Å². The van der Waals surface area contributed by atoms with Gasteiger partial charge < -0.3 is 4.74 Å². The molecule has 0 saturated carbocycles. The van der Waals surface area contributed by atoms with Gasteiger partial charge in [0.05, 0.1) is 11.4 Å². The summed E-state index contributed by atoms with van der Waals surface area (Å²) in [5, 5.41) is 3.92. The molecule has 0 radical (unpaired) electrons. The first kappa shape index (κ1) is 19.0. The molecule has 26 heavy (non-hydrogen) atoms. The highest BCUT2D eigenvalue weighted by Crippen LogP contribution is 2.31. The summed E-state index contributed by atoms with van der Waals surface area (Å²) >= 11 is 19.3. The molecule has 1 amide bonds. The molecule has 0 atom stereocenters. The average Bonchev–Trinajstić information content (AvgIpc) is 3.00. The second kappa shape index (κ2) is 8.27. The molecule has 0 unspecified atom stereocenters. The van der Waals surface area contributed by atoms with Crippen molar-refractivity contribution in [1.29, 1.82) is 0 Å². The van der Waals surface area contributed by atoms with Gasteiger partial charge in [-0.25, -0.2) is 4.98 Å². The maximum atomic E-state index is 12.1. The van der Waals surface area contributed by atoms with Gasteiger partial charge in [0, 0.05) is 27.4 Å². The first-order chi connectivity index (χ1) is 12.4. The predicted molar refractivity (Wildman–Crippen MR) is 107 cm³/mol. The van der Waals surface area contributed by atoms with Crippen LogP contribution in [0.3, 0.4) is 0 Å². The first-order valence-corrected chi connectivity index (χ1v) is 9.53. The van der Waals surface area contributed by atoms with Gasteiger partial charge in [-0.05, 0) is 36.4 Å². The zero-order valence-corrected chi connectivity index (χ0v) is 16.7. The van der Waals surface area contributed by atoms with Crippen LogP contribution in [-0.2, 0) is 11.4 Å². The minimum Gasteiger partial charge on any atom is -0.487 e. The Morgan fingerprint density at radius 2 is 1.85 bits per heavy atom. The fraction of sp³-hybridized carbons (Fsp3) is 0.111. The summed E-state index contributed by atoms with van der Waals surface area (Å²) in [4.78, 5) is 18.1. The van der Waals surface area contributed by atoms with E-state index >= 15 is 0 Å². The number of thiazole rings is 1. The number of aromatic nitrogens is 1. The number of hydrogen-bond donors (Lipinski definition) is 0. The Morgan fingerprint density at radius 1 is 1.12 bits per heavy atom. The lowest BCUT2D eigenvalue weighted by molar-refractivity contribution is -0.115. The van der Waals surface area contributed by atoms with E-state index in [4.69, 9.17) is 39.5 Å². The minimum absolute atomic E-state index is 0.157. The number of ether oxygens (including phenoxy) is 1. The van der Waals surface area contributed by atoms with Gasteiger partial charge in [0.15, 0.2) is 5.13 Å². The molecular weight excluding hydrogens is 415 g/mol. The molecule has 1 aromatic heterocycles. The Bertz CT molecular complexity index is 925. The summed E-state index contributed by atoms with van der Waals surface area (Å²) < 4.78 is 5.68. The number of carbonyl (C=O) groups excluding carboxylic acids is 1. The van der Waals surface area contributed by atoms with E-state index < -0.39 is 0 Å². The minimum atomic E-state index is -0.157. The summed E-state index contributed by atoms with van der Waals surface area (Å²) in [6, 6.07) is 12.0. The Morgan fingerprint density at radius 3 is 2.50 bits per heavy atom. The smallest absolute Gasteiger partial charge is 0.230 e. The number of rotatable bonds is 5. The van der Waals surface area contributed by atoms with E-state index in [1.54, 1.807) is 42.5 Å². The fourth-order valence-electron chi connectivity index (χ4n) is 2.28. The number of halogens is 3. The van der Waals surface area contributed by atoms with Gasteiger partial charge >= 0.3 is 0 Å². The summed E-state index contributed by atoms with van der Waals surface area (Å²) in [6.45, 7) is 1.71. The third-order valence-corrected chi connectivity index (χ3v) is 4.88. The molecule has 4 nitrogen and oxygen atoms in total. The van der Waals surface area contributed by atoms with Gasteiger partial charge in [-0.1, -0.05) is 40.9 Å². The van der Waals surface area contributed by atoms with E-state index in [0.29, 0.717) is 37.3 Å². The highest BCUT2D eigenvalue weighted by Gasteiger charge is 2.18. The van der Waals surface area contributed by atoms with Gasteiger partial charge in [-0.2, -0.15) is 0 Å². The Balaban J connectivity index is 1.78. The zero-order chi connectivity index (χ0) is 18.7. The molecule has 3 rings (SSSR count). The maximum Gasteiger partial charge on any atom is 0.230 e. The highest BCUT2D eigenvalue weighted by molar-refractivity contribution is 7.14. The van der Waals surface area contributed by atoms with Gasteiger partial charge in [-0.3, -0.25) is 9.69 Å². The van der Waals surface area contributed by atoms with Crippen molar-refractivity contribution in [2.24, 2.45) is 0 Å². The lowest BCUT2D eigenvalue weighted by Crippen LogP contribution is -2.22. The normalized spacial score (nSPS) is 10.6. The molecule has 1 heterocycles. The van der Waals surface area contributed by atoms with E-state index in [1.165, 1.54) is 23.2 Å². The maximum absolute atomic E-state index is 12.1. The lowest BCUT2D eigenvalue weighted by Gasteiger charge is -2.18. The molecular formula is C18H13Cl3N2O2S. The van der Waals surface area contributed by atoms with E-state index in [-0.39, 0.29) is 12.5 Å². The molecule has 0 spiro atoms. The van der Waals surface area contributed by atoms with Gasteiger partial charge in [0.25, 0.3) is 0 Å². The monoisotopic (exact) mass is 426 g/mol. The van der Waals surface area contributed by atoms with Gasteiger partial charge in [0.1, 0.15) is 12.4 Å². The van der Waals surface area contributed by atoms with Crippen LogP contribution in [0.4, 0.5) is 10.8 Å². The van der Waals surface area contributed by atoms with Crippen LogP contribution in [0.15, 0.2) is 47.8 Å². The van der Waals surface area contributed by atoms with Crippen molar-refractivity contribution in [1.82, 2.24) is 4.98 Å². The molecule has 0 fully saturated rings. The molecule has 0 N–H and O–H groups in total. The van der Waals surface area contributed by atoms with Crippen molar-refractivity contribution < 1.29 is 9.53 Å². The van der Waals surface area contributed by atoms with Gasteiger partial charge in [-0.15, -0.1) is 11.3 Å². The van der Waals surface area contributed by atoms with E-state index in [0.717, 1.165) is 0 Å². The Hall–Kier alpha value is -1.79. The number of anilines is 2. The quantitative estimate of drug-likeness (QED) is 0.475. The van der Waals surface area contributed by atoms with Crippen molar-refractivity contribution in [3.63, 3.8) is 0 Å². The molecule has 0 bridgehead atoms. The van der Waals surface area contributed by atoms with E-state index in [1.807, 2.05) is 5.38 Å². The van der Waals surface area contributed by atoms with E-state index in [2.05, 4.69) is 4.98 Å². The molecule has 0 aliphatic rings. The van der Waals surface area contributed by atoms with Crippen LogP contribution in [0.25, 0.3) is 0 Å². The third-order valence-electron chi connectivity index (χ3n) is 3.33. The summed E-state index contributed by atoms with van der Waals surface area (Å²) in [5.74, 6) is 0.394. The van der Waals surface area contributed by atoms with Crippen LogP contribution in [0.5, 0.6) is 5.75 Å². The Labute approximate surface area is 169 Å². The molecule has 0 aliphatic carbocycles. The number of benzene rings is 2. The van der Waals surface area contributed by atoms with Crippen LogP contribution in [0, 0.1) is 0 Å². The second-order valence-corrected chi connectivity index (χ2v) is 7.50. The van der Waals surface area contributed by atoms with Crippen LogP contribution < -0.4 is 9.64 Å². The molecule has 2 aromatic carbocycles. The summed E-state index contributed by atoms with van der Waals surface area (Å²) in [7, 11) is 0. The molecule has 3 aromatic rings. The molecule has 0 saturated heterocycles. The zero-order valence-electron chi connectivity index (χ0n) is 13.6. The van der Waals surface area contributed by atoms with Crippen LogP contribution in [-0.4, -0.2) is 10.9 Å². The topological polar surface area (TPSA) is 42.4 Å². The van der Waals surface area contributed by atoms with Crippen LogP contribution >= 0.6 is 46.1 Å². The van der Waals surface area contributed by atoms with E-state index in [9.17, 15) is 4.79 Å². The molecule has 134 valence electrons. The number of nitrogens with zero attached hydrogens (tertiary/aromatic N) is 2. The Kier molecular flexibility index (Phi) is 6.04. The highest BCUT2D eigenvalue weighted by atomic mass is 35.5. The largest absolute Gasteiger partial charge is 0.487 e. The van der Waals surface area contributed by atoms with Crippen molar-refractivity contribution in [2.75, 3.05) is 4.90 Å². The number of hydrogen-bond acceptors (Lipinski definition) is 4. The van der Waals surface area contributed by atoms with Crippen molar-refractivity contribution in [3.8, 4) is 5.75 Å². The van der Waals surface area contributed by atoms with Crippen molar-refractivity contribution in [2.45, 2.75) is 13.5 Å². The summed E-state index contributed by atoms with van der Waals surface area (Å²) in [6.07, 6.45) is 0. The fourth-order valence-corrected chi connectivity index (χ4v) is 3.84. The van der Waals surface area contributed by atoms with Crippen molar-refractivity contribution >= 4 is 62.9 Å². The number of amides is 1. The third kappa shape index (κ3) is 4.68. The molecule has 0 aliphatic heterocycles. The SMILES string of the molecule is CC(=O)N(c1cccc(Cl)c1)c1nc(COc2cc(Cl)cc(Cl)c2)cs1. The van der Waals surface area contributed by atoms with Gasteiger partial charge in [0.2, 0.25) is 5.91 Å². The second-order valence-electron chi connectivity index (χ2n) is 5.35. The number of carbonyl (C=O) groups is 1.